The van der Waals surface area contributed by atoms with Gasteiger partial charge >= 0.3 is 0 Å². The van der Waals surface area contributed by atoms with Gasteiger partial charge in [0.2, 0.25) is 0 Å². The van der Waals surface area contributed by atoms with Gasteiger partial charge in [-0.1, -0.05) is 17.7 Å². The number of halogens is 1. The van der Waals surface area contributed by atoms with Crippen molar-refractivity contribution in [2.24, 2.45) is 0 Å². The Labute approximate surface area is 95.5 Å². The summed E-state index contributed by atoms with van der Waals surface area (Å²) < 4.78 is 0. The van der Waals surface area contributed by atoms with Gasteiger partial charge in [-0.3, -0.25) is 0 Å². The molecule has 0 aromatic heterocycles. The summed E-state index contributed by atoms with van der Waals surface area (Å²) in [6.07, 6.45) is 0. The van der Waals surface area contributed by atoms with Crippen molar-refractivity contribution in [2.75, 3.05) is 24.3 Å². The SMILES string of the molecule is CN(c1c(N)cccc1Cl)C(C)(C)CO. The van der Waals surface area contributed by atoms with Gasteiger partial charge in [0, 0.05) is 7.05 Å². The normalized spacial score (nSPS) is 11.5. The minimum Gasteiger partial charge on any atom is -0.397 e. The molecule has 0 fully saturated rings. The molecule has 0 spiro atoms. The van der Waals surface area contributed by atoms with Crippen molar-refractivity contribution in [1.29, 1.82) is 0 Å². The van der Waals surface area contributed by atoms with Crippen molar-refractivity contribution in [3.63, 3.8) is 0 Å². The van der Waals surface area contributed by atoms with Gasteiger partial charge in [0.1, 0.15) is 0 Å². The number of likely N-dealkylation sites (N-methyl/N-ethyl adjacent to an activating group) is 1. The van der Waals surface area contributed by atoms with Gasteiger partial charge in [-0.2, -0.15) is 0 Å². The van der Waals surface area contributed by atoms with Gasteiger partial charge in [-0.25, -0.2) is 0 Å². The zero-order valence-corrected chi connectivity index (χ0v) is 10.0. The lowest BCUT2D eigenvalue weighted by Gasteiger charge is -2.37. The molecule has 0 aliphatic carbocycles. The summed E-state index contributed by atoms with van der Waals surface area (Å²) in [5.74, 6) is 0. The van der Waals surface area contributed by atoms with Crippen molar-refractivity contribution in [3.8, 4) is 0 Å². The largest absolute Gasteiger partial charge is 0.397 e. The van der Waals surface area contributed by atoms with Crippen LogP contribution in [0, 0.1) is 0 Å². The predicted octanol–water partition coefficient (Wildman–Crippen LogP) is 2.13. The quantitative estimate of drug-likeness (QED) is 0.780. The molecule has 3 nitrogen and oxygen atoms in total. The van der Waals surface area contributed by atoms with E-state index in [4.69, 9.17) is 17.3 Å². The molecule has 0 bridgehead atoms. The molecule has 0 saturated carbocycles. The second-order valence-corrected chi connectivity index (χ2v) is 4.61. The van der Waals surface area contributed by atoms with E-state index < -0.39 is 0 Å². The van der Waals surface area contributed by atoms with E-state index in [0.29, 0.717) is 10.7 Å². The third kappa shape index (κ3) is 2.36. The van der Waals surface area contributed by atoms with Crippen molar-refractivity contribution >= 4 is 23.0 Å². The number of hydrogen-bond acceptors (Lipinski definition) is 3. The maximum absolute atomic E-state index is 9.28. The number of nitrogens with zero attached hydrogens (tertiary/aromatic N) is 1. The Hall–Kier alpha value is -0.930. The summed E-state index contributed by atoms with van der Waals surface area (Å²) in [4.78, 5) is 1.89. The molecule has 0 aliphatic heterocycles. The Morgan fingerprint density at radius 1 is 1.47 bits per heavy atom. The summed E-state index contributed by atoms with van der Waals surface area (Å²) in [5, 5.41) is 9.88. The van der Waals surface area contributed by atoms with Gasteiger partial charge in [0.25, 0.3) is 0 Å². The molecular formula is C11H17ClN2O. The summed E-state index contributed by atoms with van der Waals surface area (Å²) in [7, 11) is 1.87. The molecular weight excluding hydrogens is 212 g/mol. The Bertz CT molecular complexity index is 332. The van der Waals surface area contributed by atoms with Crippen molar-refractivity contribution < 1.29 is 5.11 Å². The van der Waals surface area contributed by atoms with Gasteiger partial charge in [0.15, 0.2) is 0 Å². The minimum atomic E-state index is -0.390. The Morgan fingerprint density at radius 3 is 2.53 bits per heavy atom. The molecule has 1 aromatic carbocycles. The lowest BCUT2D eigenvalue weighted by atomic mass is 10.0. The van der Waals surface area contributed by atoms with E-state index in [2.05, 4.69) is 0 Å². The van der Waals surface area contributed by atoms with E-state index in [9.17, 15) is 5.11 Å². The third-order valence-corrected chi connectivity index (χ3v) is 2.95. The first-order valence-electron chi connectivity index (χ1n) is 4.79. The molecule has 0 unspecified atom stereocenters. The van der Waals surface area contributed by atoms with Crippen molar-refractivity contribution in [2.45, 2.75) is 19.4 Å². The second kappa shape index (κ2) is 4.29. The van der Waals surface area contributed by atoms with Crippen LogP contribution in [-0.4, -0.2) is 24.3 Å². The molecule has 1 aromatic rings. The number of aliphatic hydroxyl groups excluding tert-OH is 1. The van der Waals surface area contributed by atoms with E-state index >= 15 is 0 Å². The summed E-state index contributed by atoms with van der Waals surface area (Å²) in [6.45, 7) is 3.89. The van der Waals surface area contributed by atoms with Crippen LogP contribution < -0.4 is 10.6 Å². The minimum absolute atomic E-state index is 0.0359. The zero-order chi connectivity index (χ0) is 11.6. The van der Waals surface area contributed by atoms with E-state index in [-0.39, 0.29) is 12.1 Å². The molecule has 3 N–H and O–H groups in total. The van der Waals surface area contributed by atoms with Crippen LogP contribution in [0.15, 0.2) is 18.2 Å². The van der Waals surface area contributed by atoms with E-state index in [1.54, 1.807) is 18.2 Å². The lowest BCUT2D eigenvalue weighted by molar-refractivity contribution is 0.216. The van der Waals surface area contributed by atoms with E-state index in [1.807, 2.05) is 25.8 Å². The van der Waals surface area contributed by atoms with E-state index in [0.717, 1.165) is 5.69 Å². The van der Waals surface area contributed by atoms with Crippen LogP contribution in [0.2, 0.25) is 5.02 Å². The molecule has 15 heavy (non-hydrogen) atoms. The number of rotatable bonds is 3. The van der Waals surface area contributed by atoms with Crippen molar-refractivity contribution in [1.82, 2.24) is 0 Å². The predicted molar refractivity (Wildman–Crippen MR) is 65.4 cm³/mol. The molecule has 0 radical (unpaired) electrons. The zero-order valence-electron chi connectivity index (χ0n) is 9.29. The van der Waals surface area contributed by atoms with Gasteiger partial charge < -0.3 is 15.7 Å². The van der Waals surface area contributed by atoms with Crippen LogP contribution in [-0.2, 0) is 0 Å². The maximum atomic E-state index is 9.28. The fourth-order valence-corrected chi connectivity index (χ4v) is 1.60. The van der Waals surface area contributed by atoms with Crippen LogP contribution in [0.25, 0.3) is 0 Å². The first-order chi connectivity index (χ1) is 6.90. The third-order valence-electron chi connectivity index (χ3n) is 2.65. The van der Waals surface area contributed by atoms with Gasteiger partial charge in [-0.05, 0) is 26.0 Å². The summed E-state index contributed by atoms with van der Waals surface area (Å²) in [6, 6.07) is 5.39. The maximum Gasteiger partial charge on any atom is 0.0791 e. The molecule has 0 amide bonds. The standard InChI is InChI=1S/C11H17ClN2O/c1-11(2,7-15)14(3)10-8(12)5-4-6-9(10)13/h4-6,15H,7,13H2,1-3H3. The average molecular weight is 229 g/mol. The topological polar surface area (TPSA) is 49.5 Å². The van der Waals surface area contributed by atoms with Crippen LogP contribution in [0.4, 0.5) is 11.4 Å². The van der Waals surface area contributed by atoms with Gasteiger partial charge in [-0.15, -0.1) is 0 Å². The number of anilines is 2. The molecule has 0 aliphatic rings. The highest BCUT2D eigenvalue weighted by Gasteiger charge is 2.25. The molecule has 0 heterocycles. The molecule has 84 valence electrons. The summed E-state index contributed by atoms with van der Waals surface area (Å²) >= 11 is 6.08. The molecule has 1 rings (SSSR count). The Kier molecular flexibility index (Phi) is 3.47. The monoisotopic (exact) mass is 228 g/mol. The fraction of sp³-hybridized carbons (Fsp3) is 0.455. The highest BCUT2D eigenvalue weighted by Crippen LogP contribution is 2.34. The molecule has 0 atom stereocenters. The van der Waals surface area contributed by atoms with Gasteiger partial charge in [0.05, 0.1) is 28.5 Å². The van der Waals surface area contributed by atoms with Crippen molar-refractivity contribution in [3.05, 3.63) is 23.2 Å². The van der Waals surface area contributed by atoms with Crippen LogP contribution >= 0.6 is 11.6 Å². The number of nitrogen functional groups attached to an aromatic ring is 1. The molecule has 4 heteroatoms. The Balaban J connectivity index is 3.16. The fourth-order valence-electron chi connectivity index (χ4n) is 1.29. The van der Waals surface area contributed by atoms with Crippen LogP contribution in [0.1, 0.15) is 13.8 Å². The number of hydrogen-bond donors (Lipinski definition) is 2. The smallest absolute Gasteiger partial charge is 0.0791 e. The van der Waals surface area contributed by atoms with Crippen LogP contribution in [0.3, 0.4) is 0 Å². The Morgan fingerprint density at radius 2 is 2.07 bits per heavy atom. The van der Waals surface area contributed by atoms with E-state index in [1.165, 1.54) is 0 Å². The number of para-hydroxylation sites is 1. The molecule has 0 saturated heterocycles. The first-order valence-corrected chi connectivity index (χ1v) is 5.16. The highest BCUT2D eigenvalue weighted by atomic mass is 35.5. The number of aliphatic hydroxyl groups is 1. The number of nitrogens with two attached hydrogens (primary N) is 1. The van der Waals surface area contributed by atoms with Crippen LogP contribution in [0.5, 0.6) is 0 Å². The lowest BCUT2D eigenvalue weighted by Crippen LogP contribution is -2.44. The number of benzene rings is 1. The first kappa shape index (κ1) is 12.1. The highest BCUT2D eigenvalue weighted by molar-refractivity contribution is 6.34. The second-order valence-electron chi connectivity index (χ2n) is 4.21. The average Bonchev–Trinajstić information content (AvgIpc) is 2.17. The summed E-state index contributed by atoms with van der Waals surface area (Å²) in [5.41, 5.74) is 6.86.